The molecule has 118 valence electrons. The molecule has 1 nitrogen and oxygen atoms in total. The van der Waals surface area contributed by atoms with Gasteiger partial charge in [0, 0.05) is 6.42 Å². The topological polar surface area (TPSA) is 17.1 Å². The van der Waals surface area contributed by atoms with E-state index < -0.39 is 0 Å². The molecule has 0 spiro atoms. The van der Waals surface area contributed by atoms with Gasteiger partial charge in [0.2, 0.25) is 0 Å². The molecule has 0 heterocycles. The summed E-state index contributed by atoms with van der Waals surface area (Å²) < 4.78 is 0. The fourth-order valence-electron chi connectivity index (χ4n) is 3.69. The quantitative estimate of drug-likeness (QED) is 0.299. The lowest BCUT2D eigenvalue weighted by molar-refractivity contribution is -0.108. The van der Waals surface area contributed by atoms with Crippen molar-refractivity contribution < 1.29 is 4.79 Å². The molecule has 0 saturated carbocycles. The number of hydrogen-bond acceptors (Lipinski definition) is 2. The summed E-state index contributed by atoms with van der Waals surface area (Å²) >= 11 is 4.63. The zero-order valence-corrected chi connectivity index (χ0v) is 15.9. The van der Waals surface area contributed by atoms with Crippen LogP contribution < -0.4 is 0 Å². The van der Waals surface area contributed by atoms with Gasteiger partial charge in [-0.25, -0.2) is 0 Å². The van der Waals surface area contributed by atoms with Crippen LogP contribution in [0.25, 0.3) is 0 Å². The summed E-state index contributed by atoms with van der Waals surface area (Å²) in [7, 11) is 9.13. The van der Waals surface area contributed by atoms with Gasteiger partial charge in [-0.15, -0.1) is 0 Å². The van der Waals surface area contributed by atoms with Crippen molar-refractivity contribution in [2.75, 3.05) is 5.75 Å². The molecule has 0 aromatic heterocycles. The number of carbonyl (C=O) groups excluding carboxylic acids is 1. The maximum atomic E-state index is 10.9. The minimum absolute atomic E-state index is 0.575. The van der Waals surface area contributed by atoms with Crippen molar-refractivity contribution in [2.45, 2.75) is 51.5 Å². The Hall–Kier alpha value is 0.280. The molecular weight excluding hydrogens is 271 g/mol. The molecule has 0 saturated heterocycles. The van der Waals surface area contributed by atoms with Crippen LogP contribution in [0.4, 0.5) is 0 Å². The number of carbonyl (C=O) groups is 1. The second-order valence-electron chi connectivity index (χ2n) is 6.83. The van der Waals surface area contributed by atoms with E-state index in [9.17, 15) is 4.79 Å². The monoisotopic (exact) mass is 306 g/mol. The summed E-state index contributed by atoms with van der Waals surface area (Å²) in [6, 6.07) is 0. The zero-order chi connectivity index (χ0) is 16.3. The van der Waals surface area contributed by atoms with Crippen molar-refractivity contribution in [1.82, 2.24) is 0 Å². The van der Waals surface area contributed by atoms with Crippen LogP contribution in [-0.4, -0.2) is 43.4 Å². The Morgan fingerprint density at radius 1 is 0.857 bits per heavy atom. The first-order chi connectivity index (χ1) is 10.1. The minimum Gasteiger partial charge on any atom is -0.303 e. The van der Waals surface area contributed by atoms with Gasteiger partial charge in [-0.3, -0.25) is 0 Å². The molecule has 0 bridgehead atoms. The Balaban J connectivity index is 4.77. The molecule has 0 aromatic rings. The molecule has 0 N–H and O–H groups in total. The molecule has 0 aliphatic heterocycles. The number of aldehydes is 1. The molecule has 0 radical (unpaired) electrons. The fourth-order valence-corrected chi connectivity index (χ4v) is 4.14. The number of rotatable bonds is 13. The maximum absolute atomic E-state index is 10.9. The molecule has 6 heteroatoms. The molecule has 21 heavy (non-hydrogen) atoms. The molecule has 5 unspecified atom stereocenters. The summed E-state index contributed by atoms with van der Waals surface area (Å²) in [5, 5.41) is 0. The summed E-state index contributed by atoms with van der Waals surface area (Å²) in [5.74, 6) is 4.57. The standard InChI is InChI=1S/C15H34B4OS/c1-11(6-16)4-15(10-21)14(9-19)5-13(8-18)12(7-17)2-3-20/h3,11-15,21H,2,4-10,16-19H2,1H3. The molecule has 0 aliphatic carbocycles. The van der Waals surface area contributed by atoms with Crippen molar-refractivity contribution in [3.8, 4) is 0 Å². The van der Waals surface area contributed by atoms with Gasteiger partial charge >= 0.3 is 0 Å². The predicted molar refractivity (Wildman–Crippen MR) is 110 cm³/mol. The van der Waals surface area contributed by atoms with Crippen molar-refractivity contribution >= 4 is 50.3 Å². The third-order valence-electron chi connectivity index (χ3n) is 5.55. The highest BCUT2D eigenvalue weighted by Gasteiger charge is 2.26. The zero-order valence-electron chi connectivity index (χ0n) is 15.0. The van der Waals surface area contributed by atoms with E-state index in [1.54, 1.807) is 0 Å². The van der Waals surface area contributed by atoms with Gasteiger partial charge in [-0.2, -0.15) is 12.6 Å². The van der Waals surface area contributed by atoms with Crippen LogP contribution in [0.1, 0.15) is 26.2 Å². The molecule has 0 aromatic carbocycles. The van der Waals surface area contributed by atoms with Gasteiger partial charge in [0.1, 0.15) is 37.7 Å². The van der Waals surface area contributed by atoms with Crippen LogP contribution in [-0.2, 0) is 4.79 Å². The van der Waals surface area contributed by atoms with Crippen LogP contribution in [0.2, 0.25) is 25.3 Å². The summed E-state index contributed by atoms with van der Waals surface area (Å²) in [6.45, 7) is 2.36. The highest BCUT2D eigenvalue weighted by molar-refractivity contribution is 7.80. The van der Waals surface area contributed by atoms with Crippen molar-refractivity contribution in [1.29, 1.82) is 0 Å². The summed E-state index contributed by atoms with van der Waals surface area (Å²) in [4.78, 5) is 10.9. The summed E-state index contributed by atoms with van der Waals surface area (Å²) in [5.41, 5.74) is 0. The van der Waals surface area contributed by atoms with Gasteiger partial charge in [0.25, 0.3) is 0 Å². The Morgan fingerprint density at radius 3 is 1.76 bits per heavy atom. The largest absolute Gasteiger partial charge is 0.303 e. The SMILES string of the molecule is BCC(C)CC(CS)C(CB)CC(CB)C(CB)CC=O. The van der Waals surface area contributed by atoms with Gasteiger partial charge < -0.3 is 4.79 Å². The van der Waals surface area contributed by atoms with E-state index in [0.29, 0.717) is 11.8 Å². The van der Waals surface area contributed by atoms with Crippen LogP contribution in [0.5, 0.6) is 0 Å². The van der Waals surface area contributed by atoms with E-state index in [0.717, 1.165) is 42.5 Å². The third-order valence-corrected chi connectivity index (χ3v) is 6.02. The molecule has 0 aliphatic rings. The Kier molecular flexibility index (Phi) is 13.0. The van der Waals surface area contributed by atoms with Gasteiger partial charge in [-0.05, 0) is 42.3 Å². The third kappa shape index (κ3) is 7.90. The second-order valence-corrected chi connectivity index (χ2v) is 7.20. The van der Waals surface area contributed by atoms with Crippen LogP contribution in [0, 0.1) is 29.6 Å². The average Bonchev–Trinajstić information content (AvgIpc) is 2.52. The van der Waals surface area contributed by atoms with Crippen molar-refractivity contribution in [3.63, 3.8) is 0 Å². The summed E-state index contributed by atoms with van der Waals surface area (Å²) in [6.07, 6.45) is 9.28. The van der Waals surface area contributed by atoms with Crippen LogP contribution in [0.15, 0.2) is 0 Å². The first kappa shape index (κ1) is 21.3. The lowest BCUT2D eigenvalue weighted by Crippen LogP contribution is -2.25. The normalized spacial score (nSPS) is 18.6. The van der Waals surface area contributed by atoms with E-state index in [2.05, 4.69) is 50.9 Å². The highest BCUT2D eigenvalue weighted by Crippen LogP contribution is 2.35. The highest BCUT2D eigenvalue weighted by atomic mass is 32.1. The van der Waals surface area contributed by atoms with E-state index in [1.165, 1.54) is 31.8 Å². The maximum Gasteiger partial charge on any atom is 0.120 e. The van der Waals surface area contributed by atoms with Gasteiger partial charge in [0.05, 0.1) is 0 Å². The van der Waals surface area contributed by atoms with Crippen LogP contribution in [0.3, 0.4) is 0 Å². The number of thiol groups is 1. The van der Waals surface area contributed by atoms with Crippen LogP contribution >= 0.6 is 12.6 Å². The van der Waals surface area contributed by atoms with Gasteiger partial charge in [0.15, 0.2) is 0 Å². The Morgan fingerprint density at radius 2 is 1.38 bits per heavy atom. The van der Waals surface area contributed by atoms with E-state index in [4.69, 9.17) is 0 Å². The lowest BCUT2D eigenvalue weighted by Gasteiger charge is -2.33. The fraction of sp³-hybridized carbons (Fsp3) is 0.933. The predicted octanol–water partition coefficient (Wildman–Crippen LogP) is 0.592. The van der Waals surface area contributed by atoms with E-state index in [1.807, 2.05) is 0 Å². The average molecular weight is 306 g/mol. The Bertz CT molecular complexity index is 268. The first-order valence-corrected chi connectivity index (χ1v) is 9.75. The van der Waals surface area contributed by atoms with Crippen molar-refractivity contribution in [3.05, 3.63) is 0 Å². The Labute approximate surface area is 142 Å². The molecule has 0 rings (SSSR count). The molecule has 0 fully saturated rings. The number of hydrogen-bond donors (Lipinski definition) is 1. The first-order valence-electron chi connectivity index (χ1n) is 9.12. The van der Waals surface area contributed by atoms with E-state index in [-0.39, 0.29) is 0 Å². The molecule has 5 atom stereocenters. The lowest BCUT2D eigenvalue weighted by atomic mass is 9.66. The smallest absolute Gasteiger partial charge is 0.120 e. The molecular formula is C15H34B4OS. The minimum atomic E-state index is 0.575. The van der Waals surface area contributed by atoms with Gasteiger partial charge in [-0.1, -0.05) is 38.1 Å². The van der Waals surface area contributed by atoms with E-state index >= 15 is 0 Å². The second kappa shape index (κ2) is 12.8. The molecule has 0 amide bonds. The van der Waals surface area contributed by atoms with Crippen molar-refractivity contribution in [2.24, 2.45) is 29.6 Å².